The lowest BCUT2D eigenvalue weighted by atomic mass is 10.1. The lowest BCUT2D eigenvalue weighted by Gasteiger charge is -2.08. The Bertz CT molecular complexity index is 880. The number of hydrogen-bond donors (Lipinski definition) is 1. The first-order valence-corrected chi connectivity index (χ1v) is 8.75. The van der Waals surface area contributed by atoms with E-state index in [1.165, 1.54) is 11.3 Å². The van der Waals surface area contributed by atoms with E-state index in [2.05, 4.69) is 9.71 Å². The summed E-state index contributed by atoms with van der Waals surface area (Å²) in [7, 11) is -3.55. The van der Waals surface area contributed by atoms with Gasteiger partial charge in [-0.3, -0.25) is 0 Å². The molecule has 0 saturated heterocycles. The molecular formula is C15H14N2O2S2. The average Bonchev–Trinajstić information content (AvgIpc) is 2.90. The van der Waals surface area contributed by atoms with Crippen LogP contribution in [0.15, 0.2) is 53.6 Å². The first kappa shape index (κ1) is 14.2. The summed E-state index contributed by atoms with van der Waals surface area (Å²) in [5.74, 6) is 0. The molecule has 3 rings (SSSR count). The van der Waals surface area contributed by atoms with Gasteiger partial charge < -0.3 is 0 Å². The minimum Gasteiger partial charge on any atom is -0.250 e. The van der Waals surface area contributed by atoms with Crippen molar-refractivity contribution < 1.29 is 8.42 Å². The highest BCUT2D eigenvalue weighted by Gasteiger charge is 2.17. The molecule has 0 amide bonds. The Hall–Kier alpha value is -1.76. The van der Waals surface area contributed by atoms with Gasteiger partial charge in [0.2, 0.25) is 10.0 Å². The first-order valence-electron chi connectivity index (χ1n) is 6.45. The van der Waals surface area contributed by atoms with Crippen LogP contribution in [0.25, 0.3) is 10.8 Å². The van der Waals surface area contributed by atoms with Gasteiger partial charge in [-0.2, -0.15) is 0 Å². The number of rotatable bonds is 4. The monoisotopic (exact) mass is 318 g/mol. The van der Waals surface area contributed by atoms with Crippen LogP contribution in [0.2, 0.25) is 0 Å². The van der Waals surface area contributed by atoms with Crippen molar-refractivity contribution in [3.63, 3.8) is 0 Å². The average molecular weight is 318 g/mol. The van der Waals surface area contributed by atoms with E-state index in [0.717, 1.165) is 20.7 Å². The quantitative estimate of drug-likeness (QED) is 0.804. The van der Waals surface area contributed by atoms with E-state index in [1.54, 1.807) is 18.3 Å². The molecule has 0 atom stereocenters. The third kappa shape index (κ3) is 2.97. The summed E-state index contributed by atoms with van der Waals surface area (Å²) >= 11 is 1.49. The number of hydrogen-bond acceptors (Lipinski definition) is 4. The molecule has 0 radical (unpaired) electrons. The van der Waals surface area contributed by atoms with Crippen LogP contribution in [0, 0.1) is 6.92 Å². The molecule has 1 aromatic heterocycles. The Morgan fingerprint density at radius 3 is 2.67 bits per heavy atom. The highest BCUT2D eigenvalue weighted by molar-refractivity contribution is 7.89. The van der Waals surface area contributed by atoms with E-state index in [1.807, 2.05) is 37.3 Å². The molecule has 0 fully saturated rings. The van der Waals surface area contributed by atoms with Crippen LogP contribution >= 0.6 is 11.3 Å². The molecule has 1 heterocycles. The second kappa shape index (κ2) is 5.55. The molecular weight excluding hydrogens is 304 g/mol. The molecule has 0 aliphatic rings. The van der Waals surface area contributed by atoms with Gasteiger partial charge in [0.25, 0.3) is 0 Å². The van der Waals surface area contributed by atoms with Crippen LogP contribution < -0.4 is 4.72 Å². The maximum atomic E-state index is 12.5. The number of nitrogens with one attached hydrogen (secondary N) is 1. The van der Waals surface area contributed by atoms with E-state index in [-0.39, 0.29) is 6.54 Å². The van der Waals surface area contributed by atoms with Gasteiger partial charge in [-0.05, 0) is 18.4 Å². The zero-order valence-electron chi connectivity index (χ0n) is 11.4. The number of aryl methyl sites for hydroxylation is 1. The molecule has 21 heavy (non-hydrogen) atoms. The minimum atomic E-state index is -3.55. The van der Waals surface area contributed by atoms with E-state index in [4.69, 9.17) is 0 Å². The van der Waals surface area contributed by atoms with Gasteiger partial charge >= 0.3 is 0 Å². The highest BCUT2D eigenvalue weighted by atomic mass is 32.2. The van der Waals surface area contributed by atoms with Crippen LogP contribution in [0.5, 0.6) is 0 Å². The predicted octanol–water partition coefficient (Wildman–Crippen LogP) is 3.08. The maximum Gasteiger partial charge on any atom is 0.241 e. The molecule has 1 N–H and O–H groups in total. The number of aromatic nitrogens is 1. The molecule has 108 valence electrons. The normalized spacial score (nSPS) is 11.9. The summed E-state index contributed by atoms with van der Waals surface area (Å²) in [6.07, 6.45) is 1.70. The summed E-state index contributed by atoms with van der Waals surface area (Å²) in [4.78, 5) is 5.33. The Morgan fingerprint density at radius 2 is 1.90 bits per heavy atom. The van der Waals surface area contributed by atoms with Gasteiger partial charge in [0, 0.05) is 23.0 Å². The summed E-state index contributed by atoms with van der Waals surface area (Å²) < 4.78 is 27.6. The first-order chi connectivity index (χ1) is 10.1. The van der Waals surface area contributed by atoms with E-state index in [0.29, 0.717) is 4.90 Å². The fourth-order valence-corrected chi connectivity index (χ4v) is 4.22. The topological polar surface area (TPSA) is 59.1 Å². The number of fused-ring (bicyclic) bond motifs is 1. The number of thiazole rings is 1. The van der Waals surface area contributed by atoms with Gasteiger partial charge in [0.15, 0.2) is 0 Å². The summed E-state index contributed by atoms with van der Waals surface area (Å²) in [5.41, 5.74) is 0. The fourth-order valence-electron chi connectivity index (χ4n) is 2.16. The largest absolute Gasteiger partial charge is 0.250 e. The van der Waals surface area contributed by atoms with Gasteiger partial charge in [0.05, 0.1) is 9.90 Å². The second-order valence-corrected chi connectivity index (χ2v) is 7.70. The standard InChI is InChI=1S/C15H14N2O2S2/c1-11-16-9-13(20-11)10-17-21(18,19)15-8-4-6-12-5-2-3-7-14(12)15/h2-9,17H,10H2,1H3. The zero-order valence-corrected chi connectivity index (χ0v) is 13.0. The number of nitrogens with zero attached hydrogens (tertiary/aromatic N) is 1. The van der Waals surface area contributed by atoms with Gasteiger partial charge in [-0.25, -0.2) is 18.1 Å². The molecule has 0 saturated carbocycles. The van der Waals surface area contributed by atoms with Crippen LogP contribution in [0.3, 0.4) is 0 Å². The van der Waals surface area contributed by atoms with E-state index >= 15 is 0 Å². The predicted molar refractivity (Wildman–Crippen MR) is 84.8 cm³/mol. The Balaban J connectivity index is 1.93. The Labute approximate surface area is 127 Å². The third-order valence-corrected chi connectivity index (χ3v) is 5.52. The zero-order chi connectivity index (χ0) is 14.9. The highest BCUT2D eigenvalue weighted by Crippen LogP contribution is 2.23. The minimum absolute atomic E-state index is 0.261. The van der Waals surface area contributed by atoms with Crippen molar-refractivity contribution in [1.82, 2.24) is 9.71 Å². The van der Waals surface area contributed by atoms with Crippen molar-refractivity contribution in [3.05, 3.63) is 58.5 Å². The van der Waals surface area contributed by atoms with Crippen molar-refractivity contribution >= 4 is 32.1 Å². The maximum absolute atomic E-state index is 12.5. The number of sulfonamides is 1. The van der Waals surface area contributed by atoms with Crippen molar-refractivity contribution in [2.24, 2.45) is 0 Å². The van der Waals surface area contributed by atoms with Gasteiger partial charge in [-0.1, -0.05) is 36.4 Å². The lowest BCUT2D eigenvalue weighted by Crippen LogP contribution is -2.23. The van der Waals surface area contributed by atoms with Crippen molar-refractivity contribution in [2.75, 3.05) is 0 Å². The van der Waals surface area contributed by atoms with Crippen LogP contribution in [0.1, 0.15) is 9.88 Å². The molecule has 0 aliphatic heterocycles. The van der Waals surface area contributed by atoms with Gasteiger partial charge in [-0.15, -0.1) is 11.3 Å². The van der Waals surface area contributed by atoms with E-state index < -0.39 is 10.0 Å². The van der Waals surface area contributed by atoms with Gasteiger partial charge in [0.1, 0.15) is 0 Å². The van der Waals surface area contributed by atoms with Crippen molar-refractivity contribution in [2.45, 2.75) is 18.4 Å². The lowest BCUT2D eigenvalue weighted by molar-refractivity contribution is 0.582. The smallest absolute Gasteiger partial charge is 0.241 e. The molecule has 2 aromatic carbocycles. The third-order valence-electron chi connectivity index (χ3n) is 3.14. The molecule has 0 spiro atoms. The van der Waals surface area contributed by atoms with Crippen LogP contribution in [0.4, 0.5) is 0 Å². The second-order valence-electron chi connectivity index (χ2n) is 4.65. The Kier molecular flexibility index (Phi) is 3.75. The summed E-state index contributed by atoms with van der Waals surface area (Å²) in [6.45, 7) is 2.16. The number of benzene rings is 2. The molecule has 3 aromatic rings. The molecule has 6 heteroatoms. The molecule has 4 nitrogen and oxygen atoms in total. The summed E-state index contributed by atoms with van der Waals surface area (Å²) in [6, 6.07) is 12.7. The summed E-state index contributed by atoms with van der Waals surface area (Å²) in [5, 5.41) is 2.57. The van der Waals surface area contributed by atoms with Crippen molar-refractivity contribution in [3.8, 4) is 0 Å². The fraction of sp³-hybridized carbons (Fsp3) is 0.133. The SMILES string of the molecule is Cc1ncc(CNS(=O)(=O)c2cccc3ccccc23)s1. The Morgan fingerprint density at radius 1 is 1.14 bits per heavy atom. The van der Waals surface area contributed by atoms with Crippen LogP contribution in [-0.4, -0.2) is 13.4 Å². The molecule has 0 unspecified atom stereocenters. The van der Waals surface area contributed by atoms with Crippen molar-refractivity contribution in [1.29, 1.82) is 0 Å². The molecule has 0 aliphatic carbocycles. The molecule has 0 bridgehead atoms. The van der Waals surface area contributed by atoms with Crippen LogP contribution in [-0.2, 0) is 16.6 Å². The van der Waals surface area contributed by atoms with E-state index in [9.17, 15) is 8.42 Å².